The summed E-state index contributed by atoms with van der Waals surface area (Å²) in [4.78, 5) is 4.02. The number of pyridine rings is 1. The van der Waals surface area contributed by atoms with Crippen LogP contribution in [0.15, 0.2) is 42.7 Å². The zero-order valence-electron chi connectivity index (χ0n) is 10.6. The average molecular weight is 341 g/mol. The fraction of sp³-hybridized carbons (Fsp3) is 0.154. The second-order valence-electron chi connectivity index (χ2n) is 3.86. The molecule has 0 bridgehead atoms. The molecule has 21 heavy (non-hydrogen) atoms. The lowest BCUT2D eigenvalue weighted by Crippen LogP contribution is -2.16. The van der Waals surface area contributed by atoms with Crippen molar-refractivity contribution in [3.63, 3.8) is 0 Å². The van der Waals surface area contributed by atoms with Crippen LogP contribution in [0.3, 0.4) is 0 Å². The molecular weight excluding hydrogens is 328 g/mol. The molecule has 0 saturated carbocycles. The summed E-state index contributed by atoms with van der Waals surface area (Å²) in [5.74, 6) is -0.251. The van der Waals surface area contributed by atoms with Gasteiger partial charge in [0.15, 0.2) is 0 Å². The van der Waals surface area contributed by atoms with Gasteiger partial charge in [-0.25, -0.2) is 0 Å². The minimum Gasteiger partial charge on any atom is -0.406 e. The van der Waals surface area contributed by atoms with E-state index in [1.54, 1.807) is 24.5 Å². The molecule has 0 saturated heterocycles. The minimum absolute atomic E-state index is 0. The molecule has 0 aliphatic rings. The van der Waals surface area contributed by atoms with Gasteiger partial charge in [-0.05, 0) is 29.3 Å². The van der Waals surface area contributed by atoms with Crippen LogP contribution >= 0.6 is 24.8 Å². The van der Waals surface area contributed by atoms with Gasteiger partial charge in [0.1, 0.15) is 5.75 Å². The van der Waals surface area contributed by atoms with E-state index in [2.05, 4.69) is 9.72 Å². The van der Waals surface area contributed by atoms with Crippen molar-refractivity contribution in [3.8, 4) is 16.9 Å². The Morgan fingerprint density at radius 2 is 1.62 bits per heavy atom. The van der Waals surface area contributed by atoms with Crippen LogP contribution in [0.25, 0.3) is 11.1 Å². The van der Waals surface area contributed by atoms with E-state index in [0.29, 0.717) is 6.54 Å². The van der Waals surface area contributed by atoms with Crippen molar-refractivity contribution in [1.29, 1.82) is 0 Å². The lowest BCUT2D eigenvalue weighted by Gasteiger charge is -2.09. The highest BCUT2D eigenvalue weighted by Crippen LogP contribution is 2.26. The standard InChI is InChI=1S/C13H11F3N2O.2ClH/c14-13(15,16)19-12-3-1-10(2-4-12)11-5-9(6-17)7-18-8-11;;/h1-5,7-8H,6,17H2;2*1H. The highest BCUT2D eigenvalue weighted by Gasteiger charge is 2.30. The van der Waals surface area contributed by atoms with Crippen molar-refractivity contribution in [2.24, 2.45) is 5.73 Å². The van der Waals surface area contributed by atoms with Crippen LogP contribution in [0.4, 0.5) is 13.2 Å². The lowest BCUT2D eigenvalue weighted by molar-refractivity contribution is -0.274. The number of alkyl halides is 3. The molecule has 2 N–H and O–H groups in total. The second-order valence-corrected chi connectivity index (χ2v) is 3.86. The van der Waals surface area contributed by atoms with Crippen LogP contribution in [0, 0.1) is 0 Å². The molecule has 0 aliphatic carbocycles. The Morgan fingerprint density at radius 3 is 2.14 bits per heavy atom. The maximum atomic E-state index is 12.0. The van der Waals surface area contributed by atoms with E-state index >= 15 is 0 Å². The molecule has 0 radical (unpaired) electrons. The first kappa shape index (κ1) is 19.5. The summed E-state index contributed by atoms with van der Waals surface area (Å²) in [5.41, 5.74) is 7.90. The number of hydrogen-bond acceptors (Lipinski definition) is 3. The summed E-state index contributed by atoms with van der Waals surface area (Å²) in [7, 11) is 0. The third-order valence-electron chi connectivity index (χ3n) is 2.45. The zero-order valence-corrected chi connectivity index (χ0v) is 12.3. The fourth-order valence-corrected chi connectivity index (χ4v) is 1.61. The van der Waals surface area contributed by atoms with E-state index in [4.69, 9.17) is 5.73 Å². The van der Waals surface area contributed by atoms with Crippen LogP contribution < -0.4 is 10.5 Å². The molecule has 1 aromatic heterocycles. The van der Waals surface area contributed by atoms with Crippen molar-refractivity contribution in [2.75, 3.05) is 0 Å². The van der Waals surface area contributed by atoms with Crippen molar-refractivity contribution in [1.82, 2.24) is 4.98 Å². The summed E-state index contributed by atoms with van der Waals surface area (Å²) in [5, 5.41) is 0. The number of rotatable bonds is 3. The molecule has 1 aromatic carbocycles. The molecule has 0 unspecified atom stereocenters. The lowest BCUT2D eigenvalue weighted by atomic mass is 10.1. The number of nitrogens with zero attached hydrogens (tertiary/aromatic N) is 1. The van der Waals surface area contributed by atoms with Gasteiger partial charge in [-0.2, -0.15) is 0 Å². The van der Waals surface area contributed by atoms with Gasteiger partial charge in [0, 0.05) is 24.5 Å². The van der Waals surface area contributed by atoms with Gasteiger partial charge in [-0.15, -0.1) is 38.0 Å². The van der Waals surface area contributed by atoms with E-state index in [-0.39, 0.29) is 30.6 Å². The van der Waals surface area contributed by atoms with Gasteiger partial charge in [-0.3, -0.25) is 4.98 Å². The third-order valence-corrected chi connectivity index (χ3v) is 2.45. The van der Waals surface area contributed by atoms with E-state index in [1.165, 1.54) is 12.1 Å². The molecule has 0 spiro atoms. The van der Waals surface area contributed by atoms with E-state index < -0.39 is 6.36 Å². The summed E-state index contributed by atoms with van der Waals surface area (Å²) in [6.07, 6.45) is -1.41. The van der Waals surface area contributed by atoms with Gasteiger partial charge in [0.25, 0.3) is 0 Å². The van der Waals surface area contributed by atoms with Crippen LogP contribution in [0.5, 0.6) is 5.75 Å². The number of aromatic nitrogens is 1. The Morgan fingerprint density at radius 1 is 1.00 bits per heavy atom. The van der Waals surface area contributed by atoms with E-state index in [0.717, 1.165) is 16.7 Å². The first-order valence-corrected chi connectivity index (χ1v) is 5.48. The summed E-state index contributed by atoms with van der Waals surface area (Å²) < 4.78 is 39.9. The number of nitrogens with two attached hydrogens (primary N) is 1. The summed E-state index contributed by atoms with van der Waals surface area (Å²) in [6.45, 7) is 0.357. The van der Waals surface area contributed by atoms with Crippen molar-refractivity contribution >= 4 is 24.8 Å². The zero-order chi connectivity index (χ0) is 13.9. The number of hydrogen-bond donors (Lipinski definition) is 1. The fourth-order valence-electron chi connectivity index (χ4n) is 1.61. The van der Waals surface area contributed by atoms with Crippen LogP contribution in [-0.4, -0.2) is 11.3 Å². The Kier molecular flexibility index (Phi) is 7.49. The predicted octanol–water partition coefficient (Wildman–Crippen LogP) is 3.95. The molecule has 1 heterocycles. The Balaban J connectivity index is 0.00000200. The maximum absolute atomic E-state index is 12.0. The molecular formula is C13H13Cl2F3N2O. The molecule has 116 valence electrons. The van der Waals surface area contributed by atoms with E-state index in [1.807, 2.05) is 6.07 Å². The van der Waals surface area contributed by atoms with Gasteiger partial charge < -0.3 is 10.5 Å². The van der Waals surface area contributed by atoms with Crippen LogP contribution in [0.1, 0.15) is 5.56 Å². The normalized spacial score (nSPS) is 10.3. The first-order valence-electron chi connectivity index (χ1n) is 5.48. The molecule has 2 rings (SSSR count). The van der Waals surface area contributed by atoms with Crippen molar-refractivity contribution in [3.05, 3.63) is 48.3 Å². The topological polar surface area (TPSA) is 48.1 Å². The van der Waals surface area contributed by atoms with Crippen LogP contribution in [0.2, 0.25) is 0 Å². The molecule has 2 aromatic rings. The molecule has 0 aliphatic heterocycles. The predicted molar refractivity (Wildman–Crippen MR) is 78.7 cm³/mol. The number of benzene rings is 1. The summed E-state index contributed by atoms with van der Waals surface area (Å²) >= 11 is 0. The van der Waals surface area contributed by atoms with Gasteiger partial charge >= 0.3 is 6.36 Å². The van der Waals surface area contributed by atoms with Crippen LogP contribution in [-0.2, 0) is 6.54 Å². The molecule has 0 fully saturated rings. The molecule has 3 nitrogen and oxygen atoms in total. The number of halogens is 5. The second kappa shape index (κ2) is 8.07. The quantitative estimate of drug-likeness (QED) is 0.920. The minimum atomic E-state index is -4.68. The highest BCUT2D eigenvalue weighted by atomic mass is 35.5. The maximum Gasteiger partial charge on any atom is 0.573 e. The van der Waals surface area contributed by atoms with Gasteiger partial charge in [0.05, 0.1) is 0 Å². The smallest absolute Gasteiger partial charge is 0.406 e. The molecule has 8 heteroatoms. The highest BCUT2D eigenvalue weighted by molar-refractivity contribution is 5.85. The number of ether oxygens (including phenoxy) is 1. The van der Waals surface area contributed by atoms with Crippen molar-refractivity contribution < 1.29 is 17.9 Å². The SMILES string of the molecule is Cl.Cl.NCc1cncc(-c2ccc(OC(F)(F)F)cc2)c1. The average Bonchev–Trinajstić information content (AvgIpc) is 2.38. The Bertz CT molecular complexity index is 562. The monoisotopic (exact) mass is 340 g/mol. The van der Waals surface area contributed by atoms with Gasteiger partial charge in [0.2, 0.25) is 0 Å². The molecule has 0 atom stereocenters. The third kappa shape index (κ3) is 5.79. The molecule has 0 amide bonds. The van der Waals surface area contributed by atoms with Crippen molar-refractivity contribution in [2.45, 2.75) is 12.9 Å². The largest absolute Gasteiger partial charge is 0.573 e. The first-order chi connectivity index (χ1) is 8.98. The summed E-state index contributed by atoms with van der Waals surface area (Å²) in [6, 6.07) is 7.44. The van der Waals surface area contributed by atoms with E-state index in [9.17, 15) is 13.2 Å². The van der Waals surface area contributed by atoms with Gasteiger partial charge in [-0.1, -0.05) is 12.1 Å². The Labute approximate surface area is 132 Å². The Hall–Kier alpha value is -1.50.